The van der Waals surface area contributed by atoms with E-state index in [9.17, 15) is 4.79 Å². The summed E-state index contributed by atoms with van der Waals surface area (Å²) in [4.78, 5) is 16.0. The van der Waals surface area contributed by atoms with Gasteiger partial charge in [0.1, 0.15) is 0 Å². The average molecular weight is 267 g/mol. The molecule has 1 aliphatic rings. The minimum absolute atomic E-state index is 0.0796. The Bertz CT molecular complexity index is 372. The van der Waals surface area contributed by atoms with Gasteiger partial charge in [-0.3, -0.25) is 4.79 Å². The van der Waals surface area contributed by atoms with Gasteiger partial charge in [0.15, 0.2) is 0 Å². The minimum atomic E-state index is -0.260. The molecule has 0 aliphatic heterocycles. The Morgan fingerprint density at radius 2 is 2.22 bits per heavy atom. The summed E-state index contributed by atoms with van der Waals surface area (Å²) in [6.45, 7) is 0.655. The molecule has 1 aromatic rings. The van der Waals surface area contributed by atoms with E-state index in [4.69, 9.17) is 5.73 Å². The van der Waals surface area contributed by atoms with E-state index in [1.54, 1.807) is 17.5 Å². The number of carbonyl (C=O) groups excluding carboxylic acids is 1. The zero-order chi connectivity index (χ0) is 12.8. The first kappa shape index (κ1) is 13.5. The van der Waals surface area contributed by atoms with Gasteiger partial charge in [-0.05, 0) is 12.8 Å². The molecular weight excluding hydrogens is 246 g/mol. The maximum atomic E-state index is 11.8. The first-order valence-corrected chi connectivity index (χ1v) is 7.50. The normalized spacial score (nSPS) is 18.5. The highest BCUT2D eigenvalue weighted by atomic mass is 32.1. The fraction of sp³-hybridized carbons (Fsp3) is 0.692. The molecule has 1 amide bonds. The van der Waals surface area contributed by atoms with Crippen LogP contribution in [0.2, 0.25) is 0 Å². The number of rotatable bonds is 5. The molecule has 100 valence electrons. The average Bonchev–Trinajstić information content (AvgIpc) is 2.82. The monoisotopic (exact) mass is 267 g/mol. The van der Waals surface area contributed by atoms with Crippen LogP contribution in [0, 0.1) is 0 Å². The number of thiazole rings is 1. The molecule has 0 bridgehead atoms. The third kappa shape index (κ3) is 4.07. The number of nitrogens with one attached hydrogen (secondary N) is 1. The van der Waals surface area contributed by atoms with Crippen molar-refractivity contribution in [2.45, 2.75) is 50.5 Å². The van der Waals surface area contributed by atoms with Gasteiger partial charge in [0, 0.05) is 36.5 Å². The summed E-state index contributed by atoms with van der Waals surface area (Å²) >= 11 is 1.62. The van der Waals surface area contributed by atoms with E-state index in [1.807, 2.05) is 5.38 Å². The predicted octanol–water partition coefficient (Wildman–Crippen LogP) is 1.85. The summed E-state index contributed by atoms with van der Waals surface area (Å²) < 4.78 is 0. The maximum absolute atomic E-state index is 11.8. The summed E-state index contributed by atoms with van der Waals surface area (Å²) in [7, 11) is 0. The van der Waals surface area contributed by atoms with Crippen molar-refractivity contribution in [1.82, 2.24) is 10.3 Å². The zero-order valence-electron chi connectivity index (χ0n) is 10.7. The Hall–Kier alpha value is -0.940. The molecule has 0 saturated heterocycles. The van der Waals surface area contributed by atoms with E-state index in [-0.39, 0.29) is 11.4 Å². The molecule has 0 unspecified atom stereocenters. The molecular formula is C13H21N3OS. The summed E-state index contributed by atoms with van der Waals surface area (Å²) in [5.74, 6) is 0.0796. The van der Waals surface area contributed by atoms with E-state index in [0.717, 1.165) is 37.1 Å². The van der Waals surface area contributed by atoms with Gasteiger partial charge in [-0.2, -0.15) is 0 Å². The van der Waals surface area contributed by atoms with E-state index in [1.165, 1.54) is 6.42 Å². The van der Waals surface area contributed by atoms with Crippen molar-refractivity contribution >= 4 is 17.2 Å². The van der Waals surface area contributed by atoms with E-state index < -0.39 is 0 Å². The van der Waals surface area contributed by atoms with E-state index in [2.05, 4.69) is 10.3 Å². The molecule has 1 aromatic heterocycles. The number of nitrogens with zero attached hydrogens (tertiary/aromatic N) is 1. The number of carbonyl (C=O) groups is 1. The van der Waals surface area contributed by atoms with Crippen molar-refractivity contribution in [3.63, 3.8) is 0 Å². The molecule has 18 heavy (non-hydrogen) atoms. The van der Waals surface area contributed by atoms with Crippen LogP contribution in [-0.4, -0.2) is 23.0 Å². The standard InChI is InChI=1S/C13H21N3OS/c14-13(5-2-1-3-6-13)10-11(17)15-7-4-12-16-8-9-18-12/h8-9H,1-7,10,14H2,(H,15,17). The summed E-state index contributed by atoms with van der Waals surface area (Å²) in [5.41, 5.74) is 5.99. The van der Waals surface area contributed by atoms with Gasteiger partial charge < -0.3 is 11.1 Å². The summed E-state index contributed by atoms with van der Waals surface area (Å²) in [6.07, 6.45) is 8.58. The van der Waals surface area contributed by atoms with Crippen LogP contribution in [0.1, 0.15) is 43.5 Å². The van der Waals surface area contributed by atoms with Crippen molar-refractivity contribution in [3.8, 4) is 0 Å². The second kappa shape index (κ2) is 6.29. The zero-order valence-corrected chi connectivity index (χ0v) is 11.5. The van der Waals surface area contributed by atoms with Gasteiger partial charge in [-0.15, -0.1) is 11.3 Å². The second-order valence-corrected chi connectivity index (χ2v) is 6.10. The number of amides is 1. The molecule has 0 aromatic carbocycles. The number of nitrogens with two attached hydrogens (primary N) is 1. The first-order chi connectivity index (χ1) is 8.68. The lowest BCUT2D eigenvalue weighted by Crippen LogP contribution is -2.46. The van der Waals surface area contributed by atoms with Crippen LogP contribution in [0.4, 0.5) is 0 Å². The van der Waals surface area contributed by atoms with Crippen LogP contribution in [-0.2, 0) is 11.2 Å². The van der Waals surface area contributed by atoms with E-state index in [0.29, 0.717) is 13.0 Å². The molecule has 4 nitrogen and oxygen atoms in total. The van der Waals surface area contributed by atoms with Crippen molar-refractivity contribution in [2.24, 2.45) is 5.73 Å². The van der Waals surface area contributed by atoms with Gasteiger partial charge in [0.25, 0.3) is 0 Å². The Morgan fingerprint density at radius 3 is 2.89 bits per heavy atom. The molecule has 1 aliphatic carbocycles. The minimum Gasteiger partial charge on any atom is -0.356 e. The van der Waals surface area contributed by atoms with Crippen LogP contribution in [0.3, 0.4) is 0 Å². The third-order valence-corrected chi connectivity index (χ3v) is 4.35. The summed E-state index contributed by atoms with van der Waals surface area (Å²) in [5, 5.41) is 5.96. The Kier molecular flexibility index (Phi) is 4.72. The van der Waals surface area contributed by atoms with Crippen molar-refractivity contribution in [2.75, 3.05) is 6.54 Å². The lowest BCUT2D eigenvalue weighted by atomic mass is 9.80. The molecule has 2 rings (SSSR count). The molecule has 0 spiro atoms. The quantitative estimate of drug-likeness (QED) is 0.855. The highest BCUT2D eigenvalue weighted by Crippen LogP contribution is 2.28. The van der Waals surface area contributed by atoms with Gasteiger partial charge in [0.05, 0.1) is 5.01 Å². The molecule has 1 fully saturated rings. The van der Waals surface area contributed by atoms with Crippen LogP contribution >= 0.6 is 11.3 Å². The maximum Gasteiger partial charge on any atom is 0.221 e. The largest absolute Gasteiger partial charge is 0.356 e. The lowest BCUT2D eigenvalue weighted by Gasteiger charge is -2.32. The third-order valence-electron chi connectivity index (χ3n) is 3.51. The van der Waals surface area contributed by atoms with Gasteiger partial charge >= 0.3 is 0 Å². The fourth-order valence-electron chi connectivity index (χ4n) is 2.50. The lowest BCUT2D eigenvalue weighted by molar-refractivity contribution is -0.122. The molecule has 1 saturated carbocycles. The topological polar surface area (TPSA) is 68.0 Å². The van der Waals surface area contributed by atoms with Crippen LogP contribution < -0.4 is 11.1 Å². The SMILES string of the molecule is NC1(CC(=O)NCCc2nccs2)CCCCC1. The van der Waals surface area contributed by atoms with Gasteiger partial charge in [0.2, 0.25) is 5.91 Å². The number of aromatic nitrogens is 1. The van der Waals surface area contributed by atoms with Crippen LogP contribution in [0.25, 0.3) is 0 Å². The second-order valence-electron chi connectivity index (χ2n) is 5.13. The summed E-state index contributed by atoms with van der Waals surface area (Å²) in [6, 6.07) is 0. The van der Waals surface area contributed by atoms with Gasteiger partial charge in [-0.1, -0.05) is 19.3 Å². The molecule has 0 radical (unpaired) electrons. The smallest absolute Gasteiger partial charge is 0.221 e. The highest BCUT2D eigenvalue weighted by molar-refractivity contribution is 7.09. The van der Waals surface area contributed by atoms with Crippen molar-refractivity contribution in [3.05, 3.63) is 16.6 Å². The first-order valence-electron chi connectivity index (χ1n) is 6.62. The Morgan fingerprint density at radius 1 is 1.44 bits per heavy atom. The van der Waals surface area contributed by atoms with Crippen molar-refractivity contribution < 1.29 is 4.79 Å². The van der Waals surface area contributed by atoms with Crippen molar-refractivity contribution in [1.29, 1.82) is 0 Å². The molecule has 0 atom stereocenters. The predicted molar refractivity (Wildman–Crippen MR) is 73.4 cm³/mol. The molecule has 5 heteroatoms. The Balaban J connectivity index is 1.68. The van der Waals surface area contributed by atoms with Crippen LogP contribution in [0.15, 0.2) is 11.6 Å². The van der Waals surface area contributed by atoms with Gasteiger partial charge in [-0.25, -0.2) is 4.98 Å². The Labute approximate surface area is 112 Å². The molecule has 1 heterocycles. The highest BCUT2D eigenvalue weighted by Gasteiger charge is 2.29. The molecule has 3 N–H and O–H groups in total. The van der Waals surface area contributed by atoms with Crippen LogP contribution in [0.5, 0.6) is 0 Å². The number of hydrogen-bond acceptors (Lipinski definition) is 4. The van der Waals surface area contributed by atoms with E-state index >= 15 is 0 Å². The fourth-order valence-corrected chi connectivity index (χ4v) is 3.12. The number of hydrogen-bond donors (Lipinski definition) is 2.